The molecular formula is C27H24F2N2O3. The summed E-state index contributed by atoms with van der Waals surface area (Å²) >= 11 is 0. The lowest BCUT2D eigenvalue weighted by atomic mass is 9.93. The number of nitrogens with zero attached hydrogens (tertiary/aromatic N) is 2. The molecule has 1 aliphatic rings. The minimum atomic E-state index is -1.14. The molecule has 4 rings (SSSR count). The van der Waals surface area contributed by atoms with Gasteiger partial charge in [0.15, 0.2) is 11.6 Å². The van der Waals surface area contributed by atoms with E-state index in [0.717, 1.165) is 33.8 Å². The van der Waals surface area contributed by atoms with Gasteiger partial charge >= 0.3 is 0 Å². The fourth-order valence-corrected chi connectivity index (χ4v) is 4.14. The number of benzene rings is 3. The molecule has 1 heterocycles. The van der Waals surface area contributed by atoms with Crippen molar-refractivity contribution in [3.63, 3.8) is 0 Å². The van der Waals surface area contributed by atoms with Crippen molar-refractivity contribution in [3.8, 4) is 0 Å². The van der Waals surface area contributed by atoms with E-state index in [4.69, 9.17) is 0 Å². The molecule has 3 aromatic carbocycles. The van der Waals surface area contributed by atoms with E-state index in [1.807, 2.05) is 50.2 Å². The number of halogens is 2. The molecule has 0 bridgehead atoms. The highest BCUT2D eigenvalue weighted by atomic mass is 19.2. The van der Waals surface area contributed by atoms with Gasteiger partial charge in [-0.15, -0.1) is 0 Å². The Morgan fingerprint density at radius 2 is 1.59 bits per heavy atom. The molecule has 5 nitrogen and oxygen atoms in total. The third kappa shape index (κ3) is 3.94. The van der Waals surface area contributed by atoms with Gasteiger partial charge in [0, 0.05) is 37.1 Å². The molecule has 1 aliphatic heterocycles. The minimum absolute atomic E-state index is 0.0164. The van der Waals surface area contributed by atoms with Crippen molar-refractivity contribution in [2.75, 3.05) is 23.9 Å². The fraction of sp³-hybridized carbons (Fsp3) is 0.185. The van der Waals surface area contributed by atoms with Crippen LogP contribution in [0.15, 0.2) is 66.2 Å². The van der Waals surface area contributed by atoms with Gasteiger partial charge in [-0.3, -0.25) is 14.5 Å². The van der Waals surface area contributed by atoms with Crippen LogP contribution < -0.4 is 9.80 Å². The Morgan fingerprint density at radius 1 is 0.912 bits per heavy atom. The van der Waals surface area contributed by atoms with Gasteiger partial charge in [-0.05, 0) is 55.3 Å². The third-order valence-corrected chi connectivity index (χ3v) is 6.00. The summed E-state index contributed by atoms with van der Waals surface area (Å²) in [5, 5.41) is 11.3. The second-order valence-electron chi connectivity index (χ2n) is 8.57. The van der Waals surface area contributed by atoms with Crippen LogP contribution in [0.3, 0.4) is 0 Å². The summed E-state index contributed by atoms with van der Waals surface area (Å²) in [6.45, 7) is 3.65. The number of aliphatic hydroxyl groups is 1. The summed E-state index contributed by atoms with van der Waals surface area (Å²) in [7, 11) is 3.76. The molecule has 1 fully saturated rings. The summed E-state index contributed by atoms with van der Waals surface area (Å²) < 4.78 is 27.7. The normalized spacial score (nSPS) is 17.4. The van der Waals surface area contributed by atoms with Crippen molar-refractivity contribution in [1.29, 1.82) is 0 Å². The molecule has 0 saturated carbocycles. The van der Waals surface area contributed by atoms with Gasteiger partial charge in [-0.2, -0.15) is 0 Å². The molecule has 1 unspecified atom stereocenters. The number of hydrogen-bond acceptors (Lipinski definition) is 4. The summed E-state index contributed by atoms with van der Waals surface area (Å²) in [5.74, 6) is -4.35. The van der Waals surface area contributed by atoms with E-state index in [1.165, 1.54) is 6.07 Å². The standard InChI is InChI=1S/C27H24F2N2O3/c1-15-5-6-16(2)20(13-15)25(32)23-24(17-7-9-18(10-8-17)30(3)4)31(27(34)26(23)33)19-11-12-21(28)22(29)14-19/h5-14,24,32H,1-4H3/b25-23+. The first-order chi connectivity index (χ1) is 16.1. The second-order valence-corrected chi connectivity index (χ2v) is 8.57. The van der Waals surface area contributed by atoms with Gasteiger partial charge in [0.1, 0.15) is 5.76 Å². The molecule has 3 aromatic rings. The van der Waals surface area contributed by atoms with Gasteiger partial charge < -0.3 is 10.0 Å². The number of hydrogen-bond donors (Lipinski definition) is 1. The molecule has 0 spiro atoms. The summed E-state index contributed by atoms with van der Waals surface area (Å²) in [6, 6.07) is 14.5. The van der Waals surface area contributed by atoms with Gasteiger partial charge in [0.05, 0.1) is 11.6 Å². The SMILES string of the molecule is Cc1ccc(C)c(/C(O)=C2\C(=O)C(=O)N(c3ccc(F)c(F)c3)C2c2ccc(N(C)C)cc2)c1. The highest BCUT2D eigenvalue weighted by molar-refractivity contribution is 6.51. The van der Waals surface area contributed by atoms with Crippen LogP contribution in [0.1, 0.15) is 28.3 Å². The zero-order valence-electron chi connectivity index (χ0n) is 19.3. The van der Waals surface area contributed by atoms with E-state index in [-0.39, 0.29) is 17.0 Å². The summed E-state index contributed by atoms with van der Waals surface area (Å²) in [6.07, 6.45) is 0. The first-order valence-corrected chi connectivity index (χ1v) is 10.7. The maximum Gasteiger partial charge on any atom is 0.300 e. The number of amides is 1. The number of anilines is 2. The first kappa shape index (κ1) is 23.2. The molecule has 174 valence electrons. The van der Waals surface area contributed by atoms with Crippen molar-refractivity contribution in [2.24, 2.45) is 0 Å². The summed E-state index contributed by atoms with van der Waals surface area (Å²) in [5.41, 5.74) is 3.36. The highest BCUT2D eigenvalue weighted by Gasteiger charge is 2.47. The van der Waals surface area contributed by atoms with Crippen molar-refractivity contribution in [1.82, 2.24) is 0 Å². The molecule has 0 aromatic heterocycles. The number of carbonyl (C=O) groups excluding carboxylic acids is 2. The van der Waals surface area contributed by atoms with Crippen molar-refractivity contribution in [3.05, 3.63) is 100 Å². The average molecular weight is 462 g/mol. The van der Waals surface area contributed by atoms with Crippen LogP contribution in [-0.2, 0) is 9.59 Å². The minimum Gasteiger partial charge on any atom is -0.507 e. The molecule has 34 heavy (non-hydrogen) atoms. The number of aryl methyl sites for hydroxylation is 2. The van der Waals surface area contributed by atoms with Crippen molar-refractivity contribution >= 4 is 28.8 Å². The third-order valence-electron chi connectivity index (χ3n) is 6.00. The van der Waals surface area contributed by atoms with Crippen molar-refractivity contribution in [2.45, 2.75) is 19.9 Å². The predicted octanol–water partition coefficient (Wildman–Crippen LogP) is 5.27. The maximum absolute atomic E-state index is 14.1. The Morgan fingerprint density at radius 3 is 2.21 bits per heavy atom. The van der Waals surface area contributed by atoms with Gasteiger partial charge in [-0.1, -0.05) is 29.8 Å². The van der Waals surface area contributed by atoms with Gasteiger partial charge in [-0.25, -0.2) is 8.78 Å². The van der Waals surface area contributed by atoms with Gasteiger partial charge in [0.2, 0.25) is 0 Å². The van der Waals surface area contributed by atoms with E-state index >= 15 is 0 Å². The average Bonchev–Trinajstić information content (AvgIpc) is 3.07. The molecule has 0 aliphatic carbocycles. The van der Waals surface area contributed by atoms with Crippen LogP contribution in [0.25, 0.3) is 5.76 Å². The van der Waals surface area contributed by atoms with E-state index in [9.17, 15) is 23.5 Å². The Bertz CT molecular complexity index is 1330. The molecule has 0 radical (unpaired) electrons. The second kappa shape index (κ2) is 8.74. The first-order valence-electron chi connectivity index (χ1n) is 10.7. The van der Waals surface area contributed by atoms with Crippen LogP contribution in [0.2, 0.25) is 0 Å². The van der Waals surface area contributed by atoms with Gasteiger partial charge in [0.25, 0.3) is 11.7 Å². The topological polar surface area (TPSA) is 60.9 Å². The predicted molar refractivity (Wildman–Crippen MR) is 128 cm³/mol. The molecule has 1 amide bonds. The zero-order chi connectivity index (χ0) is 24.7. The number of Topliss-reactive ketones (excluding diaryl/α,β-unsaturated/α-hetero) is 1. The number of rotatable bonds is 4. The lowest BCUT2D eigenvalue weighted by Gasteiger charge is -2.26. The maximum atomic E-state index is 14.1. The van der Waals surface area contributed by atoms with Crippen LogP contribution >= 0.6 is 0 Å². The molecule has 1 saturated heterocycles. The van der Waals surface area contributed by atoms with Crippen LogP contribution in [-0.4, -0.2) is 30.9 Å². The molecule has 1 N–H and O–H groups in total. The summed E-state index contributed by atoms with van der Waals surface area (Å²) in [4.78, 5) is 29.4. The van der Waals surface area contributed by atoms with E-state index in [2.05, 4.69) is 0 Å². The molecule has 1 atom stereocenters. The van der Waals surface area contributed by atoms with Crippen LogP contribution in [0.5, 0.6) is 0 Å². The monoisotopic (exact) mass is 462 g/mol. The lowest BCUT2D eigenvalue weighted by Crippen LogP contribution is -2.29. The number of aliphatic hydroxyl groups excluding tert-OH is 1. The number of carbonyl (C=O) groups is 2. The zero-order valence-corrected chi connectivity index (χ0v) is 19.3. The van der Waals surface area contributed by atoms with E-state index in [0.29, 0.717) is 11.1 Å². The highest BCUT2D eigenvalue weighted by Crippen LogP contribution is 2.43. The Balaban J connectivity index is 1.97. The Hall–Kier alpha value is -4.00. The van der Waals surface area contributed by atoms with Crippen molar-refractivity contribution < 1.29 is 23.5 Å². The number of ketones is 1. The quantitative estimate of drug-likeness (QED) is 0.326. The molecule has 7 heteroatoms. The van der Waals surface area contributed by atoms with E-state index in [1.54, 1.807) is 25.1 Å². The molecular weight excluding hydrogens is 438 g/mol. The van der Waals surface area contributed by atoms with Crippen LogP contribution in [0, 0.1) is 25.5 Å². The Labute approximate surface area is 196 Å². The van der Waals surface area contributed by atoms with E-state index < -0.39 is 29.4 Å². The van der Waals surface area contributed by atoms with Crippen LogP contribution in [0.4, 0.5) is 20.2 Å². The smallest absolute Gasteiger partial charge is 0.300 e. The lowest BCUT2D eigenvalue weighted by molar-refractivity contribution is -0.132. The largest absolute Gasteiger partial charge is 0.507 e. The Kier molecular flexibility index (Phi) is 5.96. The fourth-order valence-electron chi connectivity index (χ4n) is 4.14.